The number of nitrogens with zero attached hydrogens (tertiary/aromatic N) is 2. The summed E-state index contributed by atoms with van der Waals surface area (Å²) in [4.78, 5) is 33.1. The SMILES string of the molecule is CCCc1ncccc1SSc1cccnc1CCC.O=P(O)(O)O. The normalized spacial score (nSPS) is 10.9. The zero-order valence-corrected chi connectivity index (χ0v) is 16.7. The Morgan fingerprint density at radius 3 is 1.56 bits per heavy atom. The molecule has 0 spiro atoms. The molecule has 138 valence electrons. The molecule has 0 unspecified atom stereocenters. The maximum absolute atomic E-state index is 8.88. The second-order valence-electron chi connectivity index (χ2n) is 5.08. The predicted octanol–water partition coefficient (Wildman–Crippen LogP) is 4.25. The summed E-state index contributed by atoms with van der Waals surface area (Å²) < 4.78 is 8.88. The van der Waals surface area contributed by atoms with Gasteiger partial charge in [-0.1, -0.05) is 48.3 Å². The summed E-state index contributed by atoms with van der Waals surface area (Å²) in [6.07, 6.45) is 8.10. The van der Waals surface area contributed by atoms with Crippen molar-refractivity contribution in [3.63, 3.8) is 0 Å². The molecule has 2 rings (SSSR count). The molecule has 0 aliphatic carbocycles. The second-order valence-corrected chi connectivity index (χ2v) is 8.32. The standard InChI is InChI=1S/C16H20N2S2.H3O4P/c1-3-7-13-15(9-5-11-17-13)19-20-16-10-6-12-18-14(16)8-4-2;1-5(2,3)4/h5-6,9-12H,3-4,7-8H2,1-2H3;(H3,1,2,3,4). The van der Waals surface area contributed by atoms with Gasteiger partial charge in [-0.05, 0) is 37.1 Å². The summed E-state index contributed by atoms with van der Waals surface area (Å²) in [5, 5.41) is 0. The van der Waals surface area contributed by atoms with Crippen molar-refractivity contribution in [2.45, 2.75) is 49.3 Å². The number of hydrogen-bond donors (Lipinski definition) is 3. The van der Waals surface area contributed by atoms with Gasteiger partial charge in [-0.15, -0.1) is 0 Å². The average molecular weight is 402 g/mol. The fourth-order valence-corrected chi connectivity index (χ4v) is 4.34. The van der Waals surface area contributed by atoms with E-state index in [2.05, 4.69) is 35.9 Å². The molecular formula is C16H23N2O4PS2. The van der Waals surface area contributed by atoms with E-state index in [1.807, 2.05) is 24.5 Å². The van der Waals surface area contributed by atoms with Crippen LogP contribution in [0.3, 0.4) is 0 Å². The predicted molar refractivity (Wildman–Crippen MR) is 102 cm³/mol. The molecular weight excluding hydrogens is 379 g/mol. The molecule has 0 aliphatic rings. The highest BCUT2D eigenvalue weighted by molar-refractivity contribution is 8.76. The lowest BCUT2D eigenvalue weighted by Gasteiger charge is -2.08. The summed E-state index contributed by atoms with van der Waals surface area (Å²) in [5.41, 5.74) is 2.40. The smallest absolute Gasteiger partial charge is 0.303 e. The van der Waals surface area contributed by atoms with E-state index in [4.69, 9.17) is 19.2 Å². The van der Waals surface area contributed by atoms with E-state index in [1.165, 1.54) is 21.2 Å². The van der Waals surface area contributed by atoms with Gasteiger partial charge in [0.05, 0.1) is 11.4 Å². The molecule has 0 saturated carbocycles. The number of hydrogen-bond acceptors (Lipinski definition) is 5. The van der Waals surface area contributed by atoms with Gasteiger partial charge in [0.2, 0.25) is 0 Å². The molecule has 0 aliphatic heterocycles. The number of pyridine rings is 2. The molecule has 0 bridgehead atoms. The maximum Gasteiger partial charge on any atom is 0.466 e. The van der Waals surface area contributed by atoms with Crippen LogP contribution in [-0.4, -0.2) is 24.6 Å². The third kappa shape index (κ3) is 9.99. The Kier molecular flexibility index (Phi) is 10.3. The van der Waals surface area contributed by atoms with Crippen LogP contribution in [0.1, 0.15) is 38.1 Å². The number of phosphoric acid groups is 1. The number of aromatic nitrogens is 2. The minimum atomic E-state index is -4.64. The summed E-state index contributed by atoms with van der Waals surface area (Å²) in [5.74, 6) is 0. The van der Waals surface area contributed by atoms with Crippen LogP contribution in [0, 0.1) is 0 Å². The van der Waals surface area contributed by atoms with Gasteiger partial charge in [0.1, 0.15) is 0 Å². The van der Waals surface area contributed by atoms with Gasteiger partial charge in [0.15, 0.2) is 0 Å². The van der Waals surface area contributed by atoms with Gasteiger partial charge >= 0.3 is 7.82 Å². The van der Waals surface area contributed by atoms with E-state index in [-0.39, 0.29) is 0 Å². The van der Waals surface area contributed by atoms with Crippen LogP contribution in [0.15, 0.2) is 46.5 Å². The summed E-state index contributed by atoms with van der Waals surface area (Å²) in [7, 11) is -1.05. The van der Waals surface area contributed by atoms with Crippen LogP contribution in [-0.2, 0) is 17.4 Å². The molecule has 2 heterocycles. The fourth-order valence-electron chi connectivity index (χ4n) is 1.94. The Bertz CT molecular complexity index is 640. The lowest BCUT2D eigenvalue weighted by molar-refractivity contribution is 0.275. The maximum atomic E-state index is 8.88. The van der Waals surface area contributed by atoms with Crippen LogP contribution < -0.4 is 0 Å². The average Bonchev–Trinajstić information content (AvgIpc) is 2.54. The summed E-state index contributed by atoms with van der Waals surface area (Å²) in [6.45, 7) is 4.38. The Morgan fingerprint density at radius 1 is 0.880 bits per heavy atom. The Hall–Kier alpha value is -0.890. The molecule has 0 atom stereocenters. The number of aryl methyl sites for hydroxylation is 2. The van der Waals surface area contributed by atoms with E-state index in [0.717, 1.165) is 25.7 Å². The highest BCUT2D eigenvalue weighted by atomic mass is 33.1. The first-order chi connectivity index (χ1) is 11.8. The van der Waals surface area contributed by atoms with E-state index in [1.54, 1.807) is 21.6 Å². The first-order valence-corrected chi connectivity index (χ1v) is 11.6. The van der Waals surface area contributed by atoms with Crippen molar-refractivity contribution in [2.24, 2.45) is 0 Å². The van der Waals surface area contributed by atoms with E-state index < -0.39 is 7.82 Å². The second kappa shape index (κ2) is 11.7. The lowest BCUT2D eigenvalue weighted by atomic mass is 10.2. The molecule has 0 saturated heterocycles. The molecule has 0 aromatic carbocycles. The molecule has 25 heavy (non-hydrogen) atoms. The van der Waals surface area contributed by atoms with Gasteiger partial charge in [-0.25, -0.2) is 4.57 Å². The molecule has 2 aromatic rings. The van der Waals surface area contributed by atoms with Crippen LogP contribution in [0.25, 0.3) is 0 Å². The van der Waals surface area contributed by atoms with Crippen molar-refractivity contribution in [1.82, 2.24) is 9.97 Å². The first kappa shape index (κ1) is 22.2. The third-order valence-corrected chi connectivity index (χ3v) is 5.40. The minimum Gasteiger partial charge on any atom is -0.303 e. The largest absolute Gasteiger partial charge is 0.466 e. The van der Waals surface area contributed by atoms with E-state index >= 15 is 0 Å². The Morgan fingerprint density at radius 2 is 1.24 bits per heavy atom. The zero-order valence-electron chi connectivity index (χ0n) is 14.2. The summed E-state index contributed by atoms with van der Waals surface area (Å²) in [6, 6.07) is 8.34. The van der Waals surface area contributed by atoms with Crippen molar-refractivity contribution in [2.75, 3.05) is 0 Å². The first-order valence-electron chi connectivity index (χ1n) is 7.85. The zero-order chi connectivity index (χ0) is 18.7. The molecule has 9 heteroatoms. The van der Waals surface area contributed by atoms with Gasteiger partial charge in [0, 0.05) is 22.2 Å². The fraction of sp³-hybridized carbons (Fsp3) is 0.375. The van der Waals surface area contributed by atoms with Crippen LogP contribution in [0.5, 0.6) is 0 Å². The monoisotopic (exact) mass is 402 g/mol. The minimum absolute atomic E-state index is 1.04. The van der Waals surface area contributed by atoms with E-state index in [0.29, 0.717) is 0 Å². The Labute approximate surface area is 156 Å². The van der Waals surface area contributed by atoms with E-state index in [9.17, 15) is 0 Å². The summed E-state index contributed by atoms with van der Waals surface area (Å²) >= 11 is 0. The van der Waals surface area contributed by atoms with Gasteiger partial charge in [-0.2, -0.15) is 0 Å². The number of rotatable bonds is 7. The van der Waals surface area contributed by atoms with Gasteiger partial charge in [0.25, 0.3) is 0 Å². The van der Waals surface area contributed by atoms with Crippen molar-refractivity contribution in [3.8, 4) is 0 Å². The topological polar surface area (TPSA) is 104 Å². The van der Waals surface area contributed by atoms with Gasteiger partial charge in [-0.3, -0.25) is 9.97 Å². The molecule has 0 radical (unpaired) electrons. The molecule has 2 aromatic heterocycles. The van der Waals surface area contributed by atoms with Crippen molar-refractivity contribution >= 4 is 29.4 Å². The highest BCUT2D eigenvalue weighted by Gasteiger charge is 2.08. The van der Waals surface area contributed by atoms with Crippen LogP contribution in [0.2, 0.25) is 0 Å². The van der Waals surface area contributed by atoms with Crippen molar-refractivity contribution in [1.29, 1.82) is 0 Å². The van der Waals surface area contributed by atoms with Crippen LogP contribution >= 0.6 is 29.4 Å². The quantitative estimate of drug-likeness (QED) is 0.466. The third-order valence-electron chi connectivity index (χ3n) is 2.89. The highest BCUT2D eigenvalue weighted by Crippen LogP contribution is 2.39. The molecule has 6 nitrogen and oxygen atoms in total. The Balaban J connectivity index is 0.000000550. The van der Waals surface area contributed by atoms with Crippen LogP contribution in [0.4, 0.5) is 0 Å². The van der Waals surface area contributed by atoms with Gasteiger partial charge < -0.3 is 14.7 Å². The van der Waals surface area contributed by atoms with Crippen molar-refractivity contribution < 1.29 is 19.2 Å². The molecule has 0 fully saturated rings. The lowest BCUT2D eigenvalue weighted by Crippen LogP contribution is -1.92. The molecule has 3 N–H and O–H groups in total. The molecule has 0 amide bonds. The van der Waals surface area contributed by atoms with Crippen molar-refractivity contribution in [3.05, 3.63) is 48.0 Å².